The van der Waals surface area contributed by atoms with E-state index in [0.29, 0.717) is 11.6 Å². The Morgan fingerprint density at radius 3 is 2.41 bits per heavy atom. The molecule has 39 heavy (non-hydrogen) atoms. The molecule has 0 bridgehead atoms. The van der Waals surface area contributed by atoms with Gasteiger partial charge in [0, 0.05) is 68.3 Å². The van der Waals surface area contributed by atoms with Crippen molar-refractivity contribution in [3.63, 3.8) is 0 Å². The zero-order valence-corrected chi connectivity index (χ0v) is 23.8. The van der Waals surface area contributed by atoms with Crippen molar-refractivity contribution in [2.45, 2.75) is 40.5 Å². The van der Waals surface area contributed by atoms with Gasteiger partial charge < -0.3 is 20.1 Å². The summed E-state index contributed by atoms with van der Waals surface area (Å²) >= 11 is 0. The minimum atomic E-state index is 0.0660. The van der Waals surface area contributed by atoms with Crippen LogP contribution in [0.15, 0.2) is 47.6 Å². The number of carbonyl (C=O) groups excluding carboxylic acids is 1. The lowest BCUT2D eigenvalue weighted by molar-refractivity contribution is 0.0622. The van der Waals surface area contributed by atoms with Crippen LogP contribution in [0, 0.1) is 0 Å². The van der Waals surface area contributed by atoms with Crippen LogP contribution in [0.3, 0.4) is 0 Å². The first-order valence-electron chi connectivity index (χ1n) is 14.2. The van der Waals surface area contributed by atoms with Crippen LogP contribution in [-0.4, -0.2) is 94.1 Å². The first kappa shape index (κ1) is 28.4. The number of allylic oxidation sites excluding steroid dienone is 1. The van der Waals surface area contributed by atoms with Crippen LogP contribution >= 0.6 is 0 Å². The Bertz CT molecular complexity index is 1280. The number of hydrogen-bond donors (Lipinski definition) is 2. The molecule has 5 rings (SSSR count). The Labute approximate surface area is 232 Å². The van der Waals surface area contributed by atoms with Crippen molar-refractivity contribution in [3.8, 4) is 0 Å². The molecule has 3 aromatic rings. The van der Waals surface area contributed by atoms with Gasteiger partial charge in [-0.1, -0.05) is 19.9 Å². The van der Waals surface area contributed by atoms with Crippen molar-refractivity contribution in [1.29, 1.82) is 0 Å². The maximum atomic E-state index is 13.2. The van der Waals surface area contributed by atoms with Crippen LogP contribution in [-0.2, 0) is 0 Å². The average molecular weight is 531 g/mol. The van der Waals surface area contributed by atoms with Gasteiger partial charge in [0.2, 0.25) is 5.95 Å². The van der Waals surface area contributed by atoms with Gasteiger partial charge in [0.25, 0.3) is 5.91 Å². The third-order valence-corrected chi connectivity index (χ3v) is 7.16. The highest BCUT2D eigenvalue weighted by atomic mass is 16.2. The third kappa shape index (κ3) is 7.30. The highest BCUT2D eigenvalue weighted by molar-refractivity contribution is 5.98. The van der Waals surface area contributed by atoms with Crippen LogP contribution in [0.25, 0.3) is 16.6 Å². The number of H-pyrrole nitrogens is 1. The molecule has 1 amide bonds. The van der Waals surface area contributed by atoms with Crippen molar-refractivity contribution in [2.75, 3.05) is 57.7 Å². The number of nitrogens with zero attached hydrogens (tertiary/aromatic N) is 6. The lowest BCUT2D eigenvalue weighted by Crippen LogP contribution is -2.50. The molecule has 2 saturated heterocycles. The number of aromatic nitrogens is 3. The maximum absolute atomic E-state index is 13.2. The number of likely N-dealkylation sites (tertiary alicyclic amines) is 1. The van der Waals surface area contributed by atoms with Crippen LogP contribution < -0.4 is 5.32 Å². The molecule has 0 saturated carbocycles. The number of aliphatic imine (C=N–C) groups is 1. The Balaban J connectivity index is 0.00000172. The SMILES string of the molecule is CC.CC=N/C(=C\C)c1ccnc(Nc2ccc3[nH]c(C(=O)N4CCN(CCN5CCCC5)CC4)cc3c2)n1. The molecule has 0 unspecified atom stereocenters. The van der Waals surface area contributed by atoms with Gasteiger partial charge in [-0.05, 0) is 70.1 Å². The molecular weight excluding hydrogens is 488 g/mol. The highest BCUT2D eigenvalue weighted by Crippen LogP contribution is 2.24. The number of fused-ring (bicyclic) bond motifs is 1. The lowest BCUT2D eigenvalue weighted by Gasteiger charge is -2.35. The van der Waals surface area contributed by atoms with Crippen molar-refractivity contribution in [1.82, 2.24) is 29.7 Å². The van der Waals surface area contributed by atoms with E-state index in [1.165, 1.54) is 25.9 Å². The minimum absolute atomic E-state index is 0.0660. The van der Waals surface area contributed by atoms with Gasteiger partial charge in [0.1, 0.15) is 5.69 Å². The molecule has 2 aliphatic heterocycles. The number of carbonyl (C=O) groups is 1. The van der Waals surface area contributed by atoms with Gasteiger partial charge in [0.05, 0.1) is 11.4 Å². The number of amides is 1. The fourth-order valence-electron chi connectivity index (χ4n) is 5.08. The van der Waals surface area contributed by atoms with Crippen molar-refractivity contribution in [3.05, 3.63) is 54.0 Å². The Hall–Kier alpha value is -3.56. The first-order valence-corrected chi connectivity index (χ1v) is 14.2. The molecular formula is C30H42N8O. The van der Waals surface area contributed by atoms with Crippen LogP contribution in [0.1, 0.15) is 56.7 Å². The van der Waals surface area contributed by atoms with E-state index < -0.39 is 0 Å². The summed E-state index contributed by atoms with van der Waals surface area (Å²) in [5.41, 5.74) is 3.97. The molecule has 2 aromatic heterocycles. The van der Waals surface area contributed by atoms with E-state index >= 15 is 0 Å². The molecule has 4 heterocycles. The van der Waals surface area contributed by atoms with Crippen LogP contribution in [0.5, 0.6) is 0 Å². The van der Waals surface area contributed by atoms with Gasteiger partial charge in [-0.2, -0.15) is 0 Å². The number of nitrogens with one attached hydrogen (secondary N) is 2. The van der Waals surface area contributed by atoms with Crippen LogP contribution in [0.4, 0.5) is 11.6 Å². The molecule has 1 aromatic carbocycles. The fourth-order valence-corrected chi connectivity index (χ4v) is 5.08. The van der Waals surface area contributed by atoms with E-state index in [-0.39, 0.29) is 5.91 Å². The number of aromatic amines is 1. The Kier molecular flexibility index (Phi) is 10.2. The van der Waals surface area contributed by atoms with Gasteiger partial charge in [-0.15, -0.1) is 0 Å². The fraction of sp³-hybridized carbons (Fsp3) is 0.467. The topological polar surface area (TPSA) is 92.7 Å². The molecule has 208 valence electrons. The van der Waals surface area contributed by atoms with Crippen molar-refractivity contribution in [2.24, 2.45) is 4.99 Å². The summed E-state index contributed by atoms with van der Waals surface area (Å²) in [6, 6.07) is 9.73. The van der Waals surface area contributed by atoms with Gasteiger partial charge in [-0.25, -0.2) is 9.97 Å². The number of anilines is 2. The Morgan fingerprint density at radius 2 is 1.72 bits per heavy atom. The van der Waals surface area contributed by atoms with E-state index in [9.17, 15) is 4.79 Å². The molecule has 0 aliphatic carbocycles. The number of benzene rings is 1. The zero-order valence-electron chi connectivity index (χ0n) is 23.8. The summed E-state index contributed by atoms with van der Waals surface area (Å²) in [5, 5.41) is 4.25. The van der Waals surface area contributed by atoms with Gasteiger partial charge in [0.15, 0.2) is 0 Å². The van der Waals surface area contributed by atoms with E-state index in [2.05, 4.69) is 35.1 Å². The quantitative estimate of drug-likeness (QED) is 0.397. The largest absolute Gasteiger partial charge is 0.351 e. The number of hydrogen-bond acceptors (Lipinski definition) is 7. The number of rotatable bonds is 8. The van der Waals surface area contributed by atoms with Crippen LogP contribution in [0.2, 0.25) is 0 Å². The molecule has 0 radical (unpaired) electrons. The second kappa shape index (κ2) is 14.0. The van der Waals surface area contributed by atoms with Gasteiger partial charge >= 0.3 is 0 Å². The molecule has 2 N–H and O–H groups in total. The summed E-state index contributed by atoms with van der Waals surface area (Å²) in [6.45, 7) is 15.9. The van der Waals surface area contributed by atoms with Crippen molar-refractivity contribution < 1.29 is 4.79 Å². The summed E-state index contributed by atoms with van der Waals surface area (Å²) in [7, 11) is 0. The van der Waals surface area contributed by atoms with E-state index in [1.807, 2.05) is 69.0 Å². The predicted molar refractivity (Wildman–Crippen MR) is 161 cm³/mol. The summed E-state index contributed by atoms with van der Waals surface area (Å²) in [5.74, 6) is 0.563. The summed E-state index contributed by atoms with van der Waals surface area (Å²) in [6.07, 6.45) is 8.05. The molecule has 2 fully saturated rings. The zero-order chi connectivity index (χ0) is 27.6. The second-order valence-corrected chi connectivity index (χ2v) is 9.62. The molecule has 0 spiro atoms. The minimum Gasteiger partial charge on any atom is -0.351 e. The molecule has 9 heteroatoms. The van der Waals surface area contributed by atoms with E-state index in [0.717, 1.165) is 67.2 Å². The first-order chi connectivity index (χ1) is 19.1. The predicted octanol–water partition coefficient (Wildman–Crippen LogP) is 5.03. The lowest BCUT2D eigenvalue weighted by atomic mass is 10.2. The summed E-state index contributed by atoms with van der Waals surface area (Å²) < 4.78 is 0. The average Bonchev–Trinajstić information content (AvgIpc) is 3.66. The van der Waals surface area contributed by atoms with Crippen molar-refractivity contribution >= 4 is 40.4 Å². The molecule has 0 atom stereocenters. The van der Waals surface area contributed by atoms with E-state index in [4.69, 9.17) is 0 Å². The highest BCUT2D eigenvalue weighted by Gasteiger charge is 2.24. The normalized spacial score (nSPS) is 17.0. The molecule has 2 aliphatic rings. The Morgan fingerprint density at radius 1 is 1.00 bits per heavy atom. The maximum Gasteiger partial charge on any atom is 0.270 e. The third-order valence-electron chi connectivity index (χ3n) is 7.16. The van der Waals surface area contributed by atoms with E-state index in [1.54, 1.807) is 12.4 Å². The molecule has 9 nitrogen and oxygen atoms in total. The second-order valence-electron chi connectivity index (χ2n) is 9.62. The standard InChI is InChI=1S/C28H36N8O.C2H6/c1-3-23(29-4-2)25-9-10-30-28(33-25)31-22-7-8-24-21(19-22)20-26(32-24)27(37)36-17-15-35(16-18-36)14-13-34-11-5-6-12-34;1-2/h3-4,7-10,19-20,32H,5-6,11-18H2,1-2H3,(H,30,31,33);1-2H3/b23-3-,29-4?;. The van der Waals surface area contributed by atoms with Gasteiger partial charge in [-0.3, -0.25) is 14.7 Å². The smallest absolute Gasteiger partial charge is 0.270 e. The monoisotopic (exact) mass is 530 g/mol. The number of piperazine rings is 1. The summed E-state index contributed by atoms with van der Waals surface area (Å²) in [4.78, 5) is 36.8.